The van der Waals surface area contributed by atoms with Gasteiger partial charge in [-0.25, -0.2) is 0 Å². The minimum absolute atomic E-state index is 0.0539. The molecule has 18 heavy (non-hydrogen) atoms. The summed E-state index contributed by atoms with van der Waals surface area (Å²) in [6.07, 6.45) is 0.282. The summed E-state index contributed by atoms with van der Waals surface area (Å²) >= 11 is 0. The Morgan fingerprint density at radius 3 is 2.44 bits per heavy atom. The molecule has 0 radical (unpaired) electrons. The van der Waals surface area contributed by atoms with Gasteiger partial charge in [-0.3, -0.25) is 4.18 Å². The summed E-state index contributed by atoms with van der Waals surface area (Å²) < 4.78 is 33.2. The summed E-state index contributed by atoms with van der Waals surface area (Å²) in [6, 6.07) is 8.34. The monoisotopic (exact) mass is 269 g/mol. The largest absolute Gasteiger partial charge is 0.378 e. The zero-order valence-corrected chi connectivity index (χ0v) is 10.9. The molecule has 6 heteroatoms. The van der Waals surface area contributed by atoms with Crippen LogP contribution < -0.4 is 0 Å². The summed E-state index contributed by atoms with van der Waals surface area (Å²) in [4.78, 5) is 0.130. The molecular weight excluding hydrogens is 254 g/mol. The summed E-state index contributed by atoms with van der Waals surface area (Å²) in [6.45, 7) is 2.25. The molecule has 0 fully saturated rings. The molecule has 0 bridgehead atoms. The van der Waals surface area contributed by atoms with E-state index in [1.807, 2.05) is 13.0 Å². The van der Waals surface area contributed by atoms with Gasteiger partial charge in [0.1, 0.15) is 0 Å². The Morgan fingerprint density at radius 2 is 1.83 bits per heavy atom. The fourth-order valence-electron chi connectivity index (χ4n) is 1.20. The predicted molar refractivity (Wildman–Crippen MR) is 65.4 cm³/mol. The van der Waals surface area contributed by atoms with Crippen molar-refractivity contribution in [3.63, 3.8) is 0 Å². The number of nitriles is 1. The van der Waals surface area contributed by atoms with Gasteiger partial charge in [-0.15, -0.1) is 0 Å². The van der Waals surface area contributed by atoms with E-state index in [4.69, 9.17) is 14.2 Å². The van der Waals surface area contributed by atoms with Crippen molar-refractivity contribution in [3.05, 3.63) is 29.8 Å². The molecule has 0 aromatic heterocycles. The minimum Gasteiger partial charge on any atom is -0.378 e. The van der Waals surface area contributed by atoms with Crippen LogP contribution in [-0.2, 0) is 19.0 Å². The van der Waals surface area contributed by atoms with Crippen molar-refractivity contribution in [1.82, 2.24) is 0 Å². The van der Waals surface area contributed by atoms with Gasteiger partial charge in [0.15, 0.2) is 0 Å². The van der Waals surface area contributed by atoms with Crippen LogP contribution in [0, 0.1) is 18.3 Å². The summed E-state index contributed by atoms with van der Waals surface area (Å²) in [5.74, 6) is 0. The van der Waals surface area contributed by atoms with Crippen LogP contribution in [0.25, 0.3) is 0 Å². The maximum absolute atomic E-state index is 11.7. The fourth-order valence-corrected chi connectivity index (χ4v) is 2.09. The molecule has 1 aromatic rings. The molecule has 0 aliphatic rings. The molecule has 5 nitrogen and oxygen atoms in total. The molecule has 0 amide bonds. The van der Waals surface area contributed by atoms with Crippen molar-refractivity contribution >= 4 is 10.1 Å². The maximum Gasteiger partial charge on any atom is 0.297 e. The van der Waals surface area contributed by atoms with E-state index in [2.05, 4.69) is 0 Å². The lowest BCUT2D eigenvalue weighted by molar-refractivity contribution is 0.106. The molecule has 0 atom stereocenters. The fraction of sp³-hybridized carbons (Fsp3) is 0.417. The topological polar surface area (TPSA) is 76.4 Å². The predicted octanol–water partition coefficient (Wildman–Crippen LogP) is 1.63. The average Bonchev–Trinajstić information content (AvgIpc) is 2.34. The van der Waals surface area contributed by atoms with Crippen LogP contribution in [0.4, 0.5) is 0 Å². The van der Waals surface area contributed by atoms with Crippen LogP contribution in [0.2, 0.25) is 0 Å². The minimum atomic E-state index is -3.71. The standard InChI is InChI=1S/C12H15NO4S/c1-11-3-5-12(6-4-11)18(14,15)17-10-9-16-8-2-7-13/h3-6H,2,8-10H2,1H3. The summed E-state index contributed by atoms with van der Waals surface area (Å²) in [5, 5.41) is 8.27. The van der Waals surface area contributed by atoms with E-state index in [0.29, 0.717) is 0 Å². The maximum atomic E-state index is 11.7. The van der Waals surface area contributed by atoms with Crippen molar-refractivity contribution in [2.75, 3.05) is 19.8 Å². The van der Waals surface area contributed by atoms with E-state index in [0.717, 1.165) is 5.56 Å². The van der Waals surface area contributed by atoms with Crippen LogP contribution in [0.15, 0.2) is 29.2 Å². The molecule has 0 saturated carbocycles. The molecular formula is C12H15NO4S. The van der Waals surface area contributed by atoms with Crippen LogP contribution in [0.1, 0.15) is 12.0 Å². The molecule has 0 saturated heterocycles. The van der Waals surface area contributed by atoms with E-state index in [9.17, 15) is 8.42 Å². The molecule has 0 aliphatic heterocycles. The van der Waals surface area contributed by atoms with Gasteiger partial charge in [-0.1, -0.05) is 17.7 Å². The van der Waals surface area contributed by atoms with Crippen molar-refractivity contribution in [1.29, 1.82) is 5.26 Å². The Labute approximate surface area is 107 Å². The number of hydrogen-bond acceptors (Lipinski definition) is 5. The van der Waals surface area contributed by atoms with Gasteiger partial charge < -0.3 is 4.74 Å². The zero-order chi connectivity index (χ0) is 13.4. The number of benzene rings is 1. The number of hydrogen-bond donors (Lipinski definition) is 0. The first-order chi connectivity index (χ1) is 8.56. The molecule has 0 heterocycles. The molecule has 0 spiro atoms. The SMILES string of the molecule is Cc1ccc(S(=O)(=O)OCCOCCC#N)cc1. The summed E-state index contributed by atoms with van der Waals surface area (Å²) in [5.41, 5.74) is 0.980. The molecule has 0 unspecified atom stereocenters. The first-order valence-corrected chi connectivity index (χ1v) is 6.88. The Hall–Kier alpha value is -1.42. The van der Waals surface area contributed by atoms with Gasteiger partial charge in [-0.2, -0.15) is 13.7 Å². The highest BCUT2D eigenvalue weighted by atomic mass is 32.2. The van der Waals surface area contributed by atoms with Crippen molar-refractivity contribution in [2.24, 2.45) is 0 Å². The lowest BCUT2D eigenvalue weighted by Crippen LogP contribution is -2.12. The Morgan fingerprint density at radius 1 is 1.17 bits per heavy atom. The molecule has 0 aliphatic carbocycles. The lowest BCUT2D eigenvalue weighted by Gasteiger charge is -2.06. The van der Waals surface area contributed by atoms with Crippen molar-refractivity contribution < 1.29 is 17.3 Å². The first-order valence-electron chi connectivity index (χ1n) is 5.47. The van der Waals surface area contributed by atoms with E-state index in [1.54, 1.807) is 12.1 Å². The Balaban J connectivity index is 2.41. The van der Waals surface area contributed by atoms with Gasteiger partial charge in [0.05, 0.1) is 37.2 Å². The third-order valence-corrected chi connectivity index (χ3v) is 3.46. The first kappa shape index (κ1) is 14.6. The highest BCUT2D eigenvalue weighted by Crippen LogP contribution is 2.12. The Kier molecular flexibility index (Phi) is 5.78. The third-order valence-electron chi connectivity index (χ3n) is 2.13. The van der Waals surface area contributed by atoms with Gasteiger partial charge in [0.25, 0.3) is 10.1 Å². The van der Waals surface area contributed by atoms with Gasteiger partial charge in [0.2, 0.25) is 0 Å². The van der Waals surface area contributed by atoms with Crippen LogP contribution in [0.3, 0.4) is 0 Å². The second kappa shape index (κ2) is 7.11. The van der Waals surface area contributed by atoms with E-state index >= 15 is 0 Å². The molecule has 0 N–H and O–H groups in total. The number of ether oxygens (including phenoxy) is 1. The highest BCUT2D eigenvalue weighted by molar-refractivity contribution is 7.86. The number of nitrogens with zero attached hydrogens (tertiary/aromatic N) is 1. The van der Waals surface area contributed by atoms with Crippen molar-refractivity contribution in [3.8, 4) is 6.07 Å². The second-order valence-corrected chi connectivity index (χ2v) is 5.22. The smallest absolute Gasteiger partial charge is 0.297 e. The quantitative estimate of drug-likeness (QED) is 0.555. The van der Waals surface area contributed by atoms with E-state index < -0.39 is 10.1 Å². The third kappa shape index (κ3) is 4.84. The van der Waals surface area contributed by atoms with Crippen LogP contribution >= 0.6 is 0 Å². The van der Waals surface area contributed by atoms with Crippen LogP contribution in [-0.4, -0.2) is 28.2 Å². The van der Waals surface area contributed by atoms with E-state index in [-0.39, 0.29) is 31.1 Å². The zero-order valence-electron chi connectivity index (χ0n) is 10.1. The van der Waals surface area contributed by atoms with Gasteiger partial charge in [-0.05, 0) is 19.1 Å². The van der Waals surface area contributed by atoms with Gasteiger partial charge >= 0.3 is 0 Å². The molecule has 98 valence electrons. The van der Waals surface area contributed by atoms with Gasteiger partial charge in [0, 0.05) is 0 Å². The normalized spacial score (nSPS) is 11.1. The molecule has 1 rings (SSSR count). The summed E-state index contributed by atoms with van der Waals surface area (Å²) in [7, 11) is -3.71. The number of aryl methyl sites for hydroxylation is 1. The van der Waals surface area contributed by atoms with E-state index in [1.165, 1.54) is 12.1 Å². The number of rotatable bonds is 7. The average molecular weight is 269 g/mol. The van der Waals surface area contributed by atoms with Crippen molar-refractivity contribution in [2.45, 2.75) is 18.2 Å². The molecule has 1 aromatic carbocycles. The lowest BCUT2D eigenvalue weighted by atomic mass is 10.2. The van der Waals surface area contributed by atoms with Crippen LogP contribution in [0.5, 0.6) is 0 Å². The highest BCUT2D eigenvalue weighted by Gasteiger charge is 2.14. The second-order valence-electron chi connectivity index (χ2n) is 3.61. The Bertz CT molecular complexity index is 502.